The Bertz CT molecular complexity index is 497. The molecular formula is C16H17NO. The summed E-state index contributed by atoms with van der Waals surface area (Å²) in [6.45, 7) is 4.67. The van der Waals surface area contributed by atoms with E-state index in [0.717, 1.165) is 5.56 Å². The summed E-state index contributed by atoms with van der Waals surface area (Å²) in [5, 5.41) is 0. The van der Waals surface area contributed by atoms with E-state index >= 15 is 0 Å². The van der Waals surface area contributed by atoms with Gasteiger partial charge in [0.2, 0.25) is 0 Å². The second-order valence-electron chi connectivity index (χ2n) is 3.76. The third-order valence-electron chi connectivity index (χ3n) is 2.42. The summed E-state index contributed by atoms with van der Waals surface area (Å²) in [7, 11) is 0. The Morgan fingerprint density at radius 3 is 2.50 bits per heavy atom. The van der Waals surface area contributed by atoms with Gasteiger partial charge in [0.05, 0.1) is 0 Å². The van der Waals surface area contributed by atoms with Crippen LogP contribution in [0.25, 0.3) is 0 Å². The van der Waals surface area contributed by atoms with Crippen LogP contribution in [0.3, 0.4) is 0 Å². The van der Waals surface area contributed by atoms with E-state index in [9.17, 15) is 4.79 Å². The van der Waals surface area contributed by atoms with Gasteiger partial charge in [0, 0.05) is 19.5 Å². The molecule has 0 spiro atoms. The van der Waals surface area contributed by atoms with Crippen molar-refractivity contribution >= 4 is 5.91 Å². The topological polar surface area (TPSA) is 20.3 Å². The Labute approximate surface area is 109 Å². The molecule has 18 heavy (non-hydrogen) atoms. The van der Waals surface area contributed by atoms with E-state index in [2.05, 4.69) is 23.7 Å². The Balaban J connectivity index is 2.72. The van der Waals surface area contributed by atoms with Crippen molar-refractivity contribution in [3.05, 3.63) is 35.9 Å². The highest BCUT2D eigenvalue weighted by atomic mass is 16.2. The van der Waals surface area contributed by atoms with Crippen molar-refractivity contribution < 1.29 is 4.79 Å². The lowest BCUT2D eigenvalue weighted by molar-refractivity contribution is -0.125. The second kappa shape index (κ2) is 7.98. The summed E-state index contributed by atoms with van der Waals surface area (Å²) < 4.78 is 0. The highest BCUT2D eigenvalue weighted by Crippen LogP contribution is 2.05. The molecule has 0 saturated carbocycles. The van der Waals surface area contributed by atoms with Gasteiger partial charge >= 0.3 is 0 Å². The Hall–Kier alpha value is -2.19. The van der Waals surface area contributed by atoms with Crippen molar-refractivity contribution in [2.75, 3.05) is 6.54 Å². The van der Waals surface area contributed by atoms with Crippen molar-refractivity contribution in [2.45, 2.75) is 26.8 Å². The first kappa shape index (κ1) is 13.9. The molecule has 0 aliphatic carbocycles. The lowest BCUT2D eigenvalue weighted by Crippen LogP contribution is -2.30. The molecule has 1 rings (SSSR count). The van der Waals surface area contributed by atoms with Crippen LogP contribution in [0.5, 0.6) is 0 Å². The minimum atomic E-state index is -0.140. The Morgan fingerprint density at radius 1 is 1.17 bits per heavy atom. The van der Waals surface area contributed by atoms with Crippen LogP contribution in [0.1, 0.15) is 25.8 Å². The standard InChI is InChI=1S/C16H17NO/c1-3-5-9-13-17(16(18)10-4-2)14-15-11-7-6-8-12-15/h6-8,11-12H,9,13-14H2,1-2H3. The van der Waals surface area contributed by atoms with E-state index in [0.29, 0.717) is 19.5 Å². The Morgan fingerprint density at radius 2 is 1.89 bits per heavy atom. The molecule has 1 aromatic carbocycles. The number of hydrogen-bond acceptors (Lipinski definition) is 1. The molecule has 0 saturated heterocycles. The van der Waals surface area contributed by atoms with Gasteiger partial charge in [-0.15, -0.1) is 11.8 Å². The molecule has 0 aliphatic rings. The summed E-state index contributed by atoms with van der Waals surface area (Å²) in [5.74, 6) is 10.9. The number of carbonyl (C=O) groups excluding carboxylic acids is 1. The maximum Gasteiger partial charge on any atom is 0.298 e. The molecule has 2 heteroatoms. The minimum absolute atomic E-state index is 0.140. The maximum absolute atomic E-state index is 11.8. The van der Waals surface area contributed by atoms with E-state index in [1.807, 2.05) is 30.3 Å². The summed E-state index contributed by atoms with van der Waals surface area (Å²) >= 11 is 0. The molecule has 0 fully saturated rings. The van der Waals surface area contributed by atoms with Crippen LogP contribution in [0.15, 0.2) is 30.3 Å². The van der Waals surface area contributed by atoms with Crippen LogP contribution in [0, 0.1) is 23.7 Å². The molecule has 2 nitrogen and oxygen atoms in total. The van der Waals surface area contributed by atoms with Gasteiger partial charge in [-0.1, -0.05) is 36.3 Å². The summed E-state index contributed by atoms with van der Waals surface area (Å²) in [4.78, 5) is 13.6. The van der Waals surface area contributed by atoms with Gasteiger partial charge in [-0.05, 0) is 25.3 Å². The first-order chi connectivity index (χ1) is 8.77. The first-order valence-electron chi connectivity index (χ1n) is 5.93. The third-order valence-corrected chi connectivity index (χ3v) is 2.42. The van der Waals surface area contributed by atoms with Gasteiger partial charge in [0.25, 0.3) is 5.91 Å². The average molecular weight is 239 g/mol. The van der Waals surface area contributed by atoms with Crippen molar-refractivity contribution in [1.29, 1.82) is 0 Å². The normalized spacial score (nSPS) is 8.56. The second-order valence-corrected chi connectivity index (χ2v) is 3.76. The van der Waals surface area contributed by atoms with Gasteiger partial charge in [-0.25, -0.2) is 0 Å². The van der Waals surface area contributed by atoms with Crippen molar-refractivity contribution in [2.24, 2.45) is 0 Å². The number of carbonyl (C=O) groups is 1. The molecule has 0 bridgehead atoms. The van der Waals surface area contributed by atoms with Crippen LogP contribution in [-0.4, -0.2) is 17.4 Å². The highest BCUT2D eigenvalue weighted by molar-refractivity contribution is 5.93. The number of amides is 1. The van der Waals surface area contributed by atoms with Gasteiger partial charge in [0.15, 0.2) is 0 Å². The lowest BCUT2D eigenvalue weighted by atomic mass is 10.2. The Kier molecular flexibility index (Phi) is 6.15. The molecule has 0 aromatic heterocycles. The zero-order valence-electron chi connectivity index (χ0n) is 10.9. The van der Waals surface area contributed by atoms with Gasteiger partial charge in [-0.3, -0.25) is 4.79 Å². The molecule has 1 amide bonds. The smallest absolute Gasteiger partial charge is 0.298 e. The molecule has 0 heterocycles. The lowest BCUT2D eigenvalue weighted by Gasteiger charge is -2.19. The molecule has 0 unspecified atom stereocenters. The average Bonchev–Trinajstić information content (AvgIpc) is 2.39. The summed E-state index contributed by atoms with van der Waals surface area (Å²) in [6, 6.07) is 9.91. The van der Waals surface area contributed by atoms with Crippen molar-refractivity contribution in [1.82, 2.24) is 4.90 Å². The minimum Gasteiger partial charge on any atom is -0.327 e. The molecule has 0 aliphatic heterocycles. The zero-order valence-corrected chi connectivity index (χ0v) is 10.9. The molecular weight excluding hydrogens is 222 g/mol. The number of benzene rings is 1. The fourth-order valence-corrected chi connectivity index (χ4v) is 1.56. The van der Waals surface area contributed by atoms with E-state index in [1.165, 1.54) is 0 Å². The van der Waals surface area contributed by atoms with Gasteiger partial charge in [0.1, 0.15) is 0 Å². The number of rotatable bonds is 4. The van der Waals surface area contributed by atoms with Gasteiger partial charge in [-0.2, -0.15) is 0 Å². The largest absolute Gasteiger partial charge is 0.327 e. The SMILES string of the molecule is CC#CCCN(Cc1ccccc1)C(=O)C#CC. The molecule has 0 N–H and O–H groups in total. The monoisotopic (exact) mass is 239 g/mol. The van der Waals surface area contributed by atoms with Crippen LogP contribution in [0.4, 0.5) is 0 Å². The van der Waals surface area contributed by atoms with Crippen LogP contribution in [0.2, 0.25) is 0 Å². The summed E-state index contributed by atoms with van der Waals surface area (Å²) in [6.07, 6.45) is 0.681. The fourth-order valence-electron chi connectivity index (χ4n) is 1.56. The van der Waals surface area contributed by atoms with Crippen LogP contribution in [-0.2, 0) is 11.3 Å². The molecule has 92 valence electrons. The predicted molar refractivity (Wildman–Crippen MR) is 73.4 cm³/mol. The molecule has 0 atom stereocenters. The quantitative estimate of drug-likeness (QED) is 0.739. The van der Waals surface area contributed by atoms with Crippen LogP contribution < -0.4 is 0 Å². The number of hydrogen-bond donors (Lipinski definition) is 0. The highest BCUT2D eigenvalue weighted by Gasteiger charge is 2.10. The third kappa shape index (κ3) is 4.76. The molecule has 0 radical (unpaired) electrons. The van der Waals surface area contributed by atoms with Gasteiger partial charge < -0.3 is 4.90 Å². The maximum atomic E-state index is 11.8. The van der Waals surface area contributed by atoms with Crippen molar-refractivity contribution in [3.8, 4) is 23.7 Å². The number of nitrogens with zero attached hydrogens (tertiary/aromatic N) is 1. The van der Waals surface area contributed by atoms with E-state index in [1.54, 1.807) is 18.7 Å². The van der Waals surface area contributed by atoms with Crippen molar-refractivity contribution in [3.63, 3.8) is 0 Å². The van der Waals surface area contributed by atoms with E-state index in [4.69, 9.17) is 0 Å². The molecule has 1 aromatic rings. The van der Waals surface area contributed by atoms with Crippen LogP contribution >= 0.6 is 0 Å². The van der Waals surface area contributed by atoms with E-state index in [-0.39, 0.29) is 5.91 Å². The first-order valence-corrected chi connectivity index (χ1v) is 5.93. The summed E-state index contributed by atoms with van der Waals surface area (Å²) in [5.41, 5.74) is 1.10. The predicted octanol–water partition coefficient (Wildman–Crippen LogP) is 2.45. The van der Waals surface area contributed by atoms with E-state index < -0.39 is 0 Å². The zero-order chi connectivity index (χ0) is 13.2. The fraction of sp³-hybridized carbons (Fsp3) is 0.312.